The highest BCUT2D eigenvalue weighted by Gasteiger charge is 2.23. The molecule has 1 aromatic rings. The van der Waals surface area contributed by atoms with Gasteiger partial charge in [0, 0.05) is 11.9 Å². The van der Waals surface area contributed by atoms with Crippen molar-refractivity contribution in [2.45, 2.75) is 18.8 Å². The van der Waals surface area contributed by atoms with Crippen LogP contribution in [0.5, 0.6) is 0 Å². The first kappa shape index (κ1) is 5.90. The molecule has 0 amide bonds. The second kappa shape index (κ2) is 2.08. The van der Waals surface area contributed by atoms with Gasteiger partial charge in [0.15, 0.2) is 0 Å². The third-order valence-electron chi connectivity index (χ3n) is 1.89. The summed E-state index contributed by atoms with van der Waals surface area (Å²) in [7, 11) is 0. The van der Waals surface area contributed by atoms with Crippen LogP contribution in [0.2, 0.25) is 0 Å². The quantitative estimate of drug-likeness (QED) is 0.570. The molecule has 1 fully saturated rings. The fourth-order valence-corrected chi connectivity index (χ4v) is 1.17. The van der Waals surface area contributed by atoms with Crippen molar-refractivity contribution in [1.82, 2.24) is 4.98 Å². The van der Waals surface area contributed by atoms with Crippen LogP contribution in [0.25, 0.3) is 0 Å². The number of pyridine rings is 1. The predicted molar refractivity (Wildman–Crippen MR) is 40.7 cm³/mol. The van der Waals surface area contributed by atoms with E-state index in [1.54, 1.807) is 0 Å². The van der Waals surface area contributed by atoms with Gasteiger partial charge in [0.05, 0.1) is 0 Å². The fourth-order valence-electron chi connectivity index (χ4n) is 1.17. The van der Waals surface area contributed by atoms with Crippen LogP contribution in [0.15, 0.2) is 18.3 Å². The van der Waals surface area contributed by atoms with Gasteiger partial charge in [0.2, 0.25) is 0 Å². The summed E-state index contributed by atoms with van der Waals surface area (Å²) < 4.78 is 0. The molecule has 2 rings (SSSR count). The molecule has 1 saturated carbocycles. The van der Waals surface area contributed by atoms with Crippen LogP contribution in [0.3, 0.4) is 0 Å². The number of hydrogen-bond acceptors (Lipinski definition) is 1. The second-order valence-electron chi connectivity index (χ2n) is 2.85. The second-order valence-corrected chi connectivity index (χ2v) is 2.85. The number of nitrogens with zero attached hydrogens (tertiary/aromatic N) is 1. The SMILES string of the molecule is [CH2]c1cc(C2CC2)ccn1. The van der Waals surface area contributed by atoms with Gasteiger partial charge in [-0.05, 0) is 43.4 Å². The highest BCUT2D eigenvalue weighted by atomic mass is 14.6. The summed E-state index contributed by atoms with van der Waals surface area (Å²) >= 11 is 0. The maximum absolute atomic E-state index is 4.04. The molecule has 0 aromatic carbocycles. The van der Waals surface area contributed by atoms with E-state index in [1.807, 2.05) is 6.20 Å². The summed E-state index contributed by atoms with van der Waals surface area (Å²) in [5, 5.41) is 0. The van der Waals surface area contributed by atoms with Crippen LogP contribution in [-0.2, 0) is 0 Å². The largest absolute Gasteiger partial charge is 0.261 e. The molecule has 10 heavy (non-hydrogen) atoms. The smallest absolute Gasteiger partial charge is 0.0410 e. The highest BCUT2D eigenvalue weighted by molar-refractivity contribution is 5.25. The molecule has 1 aliphatic rings. The minimum atomic E-state index is 0.823. The van der Waals surface area contributed by atoms with Gasteiger partial charge >= 0.3 is 0 Å². The summed E-state index contributed by atoms with van der Waals surface area (Å²) in [6.07, 6.45) is 4.54. The van der Waals surface area contributed by atoms with E-state index in [9.17, 15) is 0 Å². The topological polar surface area (TPSA) is 12.9 Å². The molecule has 1 aliphatic carbocycles. The van der Waals surface area contributed by atoms with Gasteiger partial charge in [-0.3, -0.25) is 4.98 Å². The van der Waals surface area contributed by atoms with Gasteiger partial charge in [0.1, 0.15) is 0 Å². The van der Waals surface area contributed by atoms with Crippen LogP contribution in [0, 0.1) is 6.92 Å². The van der Waals surface area contributed by atoms with Gasteiger partial charge in [-0.25, -0.2) is 0 Å². The Labute approximate surface area is 61.1 Å². The lowest BCUT2D eigenvalue weighted by Crippen LogP contribution is -1.83. The van der Waals surface area contributed by atoms with E-state index in [-0.39, 0.29) is 0 Å². The molecular weight excluding hydrogens is 122 g/mol. The molecule has 51 valence electrons. The number of rotatable bonds is 1. The molecule has 0 N–H and O–H groups in total. The molecule has 0 saturated heterocycles. The Hall–Kier alpha value is -0.850. The average Bonchev–Trinajstić information content (AvgIpc) is 2.68. The zero-order valence-corrected chi connectivity index (χ0v) is 5.88. The first-order valence-electron chi connectivity index (χ1n) is 3.64. The van der Waals surface area contributed by atoms with Gasteiger partial charge in [0.25, 0.3) is 0 Å². The van der Waals surface area contributed by atoms with Crippen molar-refractivity contribution in [3.8, 4) is 0 Å². The Kier molecular flexibility index (Phi) is 1.23. The van der Waals surface area contributed by atoms with Crippen molar-refractivity contribution in [3.05, 3.63) is 36.5 Å². The standard InChI is InChI=1S/C9H10N/c1-7-6-9(4-5-10-7)8-2-3-8/h4-6,8H,1-3H2. The Morgan fingerprint density at radius 3 is 2.90 bits per heavy atom. The van der Waals surface area contributed by atoms with E-state index >= 15 is 0 Å². The average molecular weight is 132 g/mol. The van der Waals surface area contributed by atoms with E-state index in [1.165, 1.54) is 18.4 Å². The van der Waals surface area contributed by atoms with Crippen LogP contribution in [0.4, 0.5) is 0 Å². The molecule has 0 spiro atoms. The monoisotopic (exact) mass is 132 g/mol. The summed E-state index contributed by atoms with van der Waals surface area (Å²) in [6, 6.07) is 4.17. The lowest BCUT2D eigenvalue weighted by molar-refractivity contribution is 1.10. The van der Waals surface area contributed by atoms with Gasteiger partial charge in [-0.1, -0.05) is 0 Å². The molecule has 0 bridgehead atoms. The molecule has 1 nitrogen and oxygen atoms in total. The van der Waals surface area contributed by atoms with E-state index in [4.69, 9.17) is 0 Å². The van der Waals surface area contributed by atoms with Gasteiger partial charge in [-0.2, -0.15) is 0 Å². The Morgan fingerprint density at radius 1 is 1.50 bits per heavy atom. The zero-order chi connectivity index (χ0) is 6.97. The van der Waals surface area contributed by atoms with E-state index in [0.717, 1.165) is 11.6 Å². The zero-order valence-electron chi connectivity index (χ0n) is 5.88. The van der Waals surface area contributed by atoms with Gasteiger partial charge < -0.3 is 0 Å². The van der Waals surface area contributed by atoms with Crippen molar-refractivity contribution in [2.75, 3.05) is 0 Å². The third-order valence-corrected chi connectivity index (χ3v) is 1.89. The number of aromatic nitrogens is 1. The normalized spacial score (nSPS) is 17.3. The minimum absolute atomic E-state index is 0.823. The van der Waals surface area contributed by atoms with Gasteiger partial charge in [-0.15, -0.1) is 0 Å². The molecule has 0 unspecified atom stereocenters. The Morgan fingerprint density at radius 2 is 2.30 bits per heavy atom. The van der Waals surface area contributed by atoms with Crippen molar-refractivity contribution in [3.63, 3.8) is 0 Å². The van der Waals surface area contributed by atoms with E-state index in [2.05, 4.69) is 24.0 Å². The molecule has 1 heteroatoms. The lowest BCUT2D eigenvalue weighted by atomic mass is 10.1. The molecule has 1 aromatic heterocycles. The Bertz CT molecular complexity index is 238. The van der Waals surface area contributed by atoms with Crippen molar-refractivity contribution in [1.29, 1.82) is 0 Å². The Balaban J connectivity index is 2.32. The fraction of sp³-hybridized carbons (Fsp3) is 0.333. The summed E-state index contributed by atoms with van der Waals surface area (Å²) in [5.74, 6) is 0.823. The summed E-state index contributed by atoms with van der Waals surface area (Å²) in [6.45, 7) is 3.78. The predicted octanol–water partition coefficient (Wildman–Crippen LogP) is 2.14. The van der Waals surface area contributed by atoms with Crippen molar-refractivity contribution in [2.24, 2.45) is 0 Å². The number of hydrogen-bond donors (Lipinski definition) is 0. The molecule has 0 aliphatic heterocycles. The molecular formula is C9H10N. The highest BCUT2D eigenvalue weighted by Crippen LogP contribution is 2.39. The van der Waals surface area contributed by atoms with Crippen LogP contribution in [0.1, 0.15) is 30.0 Å². The maximum Gasteiger partial charge on any atom is 0.0410 e. The van der Waals surface area contributed by atoms with Crippen LogP contribution in [-0.4, -0.2) is 4.98 Å². The van der Waals surface area contributed by atoms with Crippen LogP contribution < -0.4 is 0 Å². The summed E-state index contributed by atoms with van der Waals surface area (Å²) in [5.41, 5.74) is 2.31. The lowest BCUT2D eigenvalue weighted by Gasteiger charge is -1.96. The van der Waals surface area contributed by atoms with Crippen molar-refractivity contribution < 1.29 is 0 Å². The first-order valence-corrected chi connectivity index (χ1v) is 3.64. The minimum Gasteiger partial charge on any atom is -0.261 e. The first-order chi connectivity index (χ1) is 4.86. The maximum atomic E-state index is 4.04. The van der Waals surface area contributed by atoms with E-state index < -0.39 is 0 Å². The van der Waals surface area contributed by atoms with Crippen LogP contribution >= 0.6 is 0 Å². The van der Waals surface area contributed by atoms with E-state index in [0.29, 0.717) is 0 Å². The molecule has 0 atom stereocenters. The van der Waals surface area contributed by atoms with Crippen molar-refractivity contribution >= 4 is 0 Å². The third kappa shape index (κ3) is 1.04. The molecule has 1 radical (unpaired) electrons. The summed E-state index contributed by atoms with van der Waals surface area (Å²) in [4.78, 5) is 4.04. The molecule has 1 heterocycles.